The average Bonchev–Trinajstić information content (AvgIpc) is 3.23. The normalized spacial score (nSPS) is 16.1. The lowest BCUT2D eigenvalue weighted by Gasteiger charge is -2.17. The molecule has 0 radical (unpaired) electrons. The van der Waals surface area contributed by atoms with Crippen molar-refractivity contribution in [3.05, 3.63) is 35.5 Å². The quantitative estimate of drug-likeness (QED) is 0.814. The molecule has 1 aliphatic rings. The van der Waals surface area contributed by atoms with Crippen molar-refractivity contribution in [3.8, 4) is 0 Å². The molecule has 0 atom stereocenters. The first kappa shape index (κ1) is 20.1. The van der Waals surface area contributed by atoms with Crippen molar-refractivity contribution in [1.82, 2.24) is 4.98 Å². The second kappa shape index (κ2) is 6.75. The first-order chi connectivity index (χ1) is 12.4. The zero-order valence-electron chi connectivity index (χ0n) is 14.7. The molecule has 1 aliphatic heterocycles. The molecule has 5 nitrogen and oxygen atoms in total. The fraction of sp³-hybridized carbons (Fsp3) is 0.471. The van der Waals surface area contributed by atoms with E-state index in [-0.39, 0.29) is 10.0 Å². The number of sulfone groups is 1. The molecule has 1 fully saturated rings. The standard InChI is InChI=1S/C17H19F3N2O3S2/c1-16(2,23)11-5-7-12(8-6-11)27(24,25)14-13(17(18,19)20)21-15(26-14)22-9-3-4-10-22/h5-8,23H,3-4,9-10H2,1-2H3. The van der Waals surface area contributed by atoms with Crippen molar-refractivity contribution in [2.24, 2.45) is 0 Å². The third kappa shape index (κ3) is 3.97. The Balaban J connectivity index is 2.07. The highest BCUT2D eigenvalue weighted by atomic mass is 32.2. The second-order valence-corrected chi connectivity index (χ2v) is 10.0. The Labute approximate surface area is 159 Å². The number of benzene rings is 1. The number of thiazole rings is 1. The second-order valence-electron chi connectivity index (χ2n) is 6.91. The molecule has 0 unspecified atom stereocenters. The van der Waals surface area contributed by atoms with Gasteiger partial charge in [0.1, 0.15) is 0 Å². The van der Waals surface area contributed by atoms with Crippen LogP contribution in [0.2, 0.25) is 0 Å². The van der Waals surface area contributed by atoms with E-state index in [1.54, 1.807) is 4.90 Å². The number of aromatic nitrogens is 1. The van der Waals surface area contributed by atoms with Gasteiger partial charge in [-0.2, -0.15) is 13.2 Å². The van der Waals surface area contributed by atoms with E-state index in [4.69, 9.17) is 0 Å². The van der Waals surface area contributed by atoms with Gasteiger partial charge >= 0.3 is 6.18 Å². The highest BCUT2D eigenvalue weighted by Crippen LogP contribution is 2.42. The third-order valence-electron chi connectivity index (χ3n) is 4.35. The molecule has 0 bridgehead atoms. The number of alkyl halides is 3. The van der Waals surface area contributed by atoms with Gasteiger partial charge in [0.2, 0.25) is 9.84 Å². The number of hydrogen-bond donors (Lipinski definition) is 1. The van der Waals surface area contributed by atoms with Crippen LogP contribution in [0.5, 0.6) is 0 Å². The molecule has 0 saturated carbocycles. The summed E-state index contributed by atoms with van der Waals surface area (Å²) in [6.07, 6.45) is -3.20. The highest BCUT2D eigenvalue weighted by Gasteiger charge is 2.43. The van der Waals surface area contributed by atoms with Crippen molar-refractivity contribution in [1.29, 1.82) is 0 Å². The van der Waals surface area contributed by atoms with Gasteiger partial charge in [-0.1, -0.05) is 23.5 Å². The molecule has 3 rings (SSSR count). The molecule has 1 aromatic carbocycles. The van der Waals surface area contributed by atoms with E-state index in [9.17, 15) is 26.7 Å². The summed E-state index contributed by atoms with van der Waals surface area (Å²) in [5.74, 6) is 0. The highest BCUT2D eigenvalue weighted by molar-refractivity contribution is 7.93. The number of nitrogens with zero attached hydrogens (tertiary/aromatic N) is 2. The Hall–Kier alpha value is -1.65. The Morgan fingerprint density at radius 2 is 1.67 bits per heavy atom. The molecular formula is C17H19F3N2O3S2. The smallest absolute Gasteiger partial charge is 0.386 e. The van der Waals surface area contributed by atoms with Gasteiger partial charge in [-0.05, 0) is 44.4 Å². The lowest BCUT2D eigenvalue weighted by Crippen LogP contribution is -2.18. The van der Waals surface area contributed by atoms with Gasteiger partial charge in [-0.25, -0.2) is 13.4 Å². The summed E-state index contributed by atoms with van der Waals surface area (Å²) in [4.78, 5) is 5.02. The Morgan fingerprint density at radius 1 is 1.11 bits per heavy atom. The topological polar surface area (TPSA) is 70.5 Å². The fourth-order valence-electron chi connectivity index (χ4n) is 2.85. The predicted molar refractivity (Wildman–Crippen MR) is 95.7 cm³/mol. The number of rotatable bonds is 4. The lowest BCUT2D eigenvalue weighted by molar-refractivity contribution is -0.142. The molecule has 148 valence electrons. The molecule has 1 aromatic heterocycles. The van der Waals surface area contributed by atoms with Crippen LogP contribution in [0.25, 0.3) is 0 Å². The van der Waals surface area contributed by atoms with Crippen LogP contribution in [0.4, 0.5) is 18.3 Å². The van der Waals surface area contributed by atoms with Crippen LogP contribution in [0.3, 0.4) is 0 Å². The molecule has 2 heterocycles. The minimum Gasteiger partial charge on any atom is -0.386 e. The monoisotopic (exact) mass is 420 g/mol. The minimum absolute atomic E-state index is 0.0755. The molecular weight excluding hydrogens is 401 g/mol. The molecule has 27 heavy (non-hydrogen) atoms. The van der Waals surface area contributed by atoms with Gasteiger partial charge in [0.25, 0.3) is 0 Å². The summed E-state index contributed by atoms with van der Waals surface area (Å²) in [6, 6.07) is 5.20. The van der Waals surface area contributed by atoms with Gasteiger partial charge in [0.15, 0.2) is 15.0 Å². The van der Waals surface area contributed by atoms with Gasteiger partial charge in [0.05, 0.1) is 10.5 Å². The Kier molecular flexibility index (Phi) is 5.02. The molecule has 2 aromatic rings. The van der Waals surface area contributed by atoms with Crippen molar-refractivity contribution in [2.45, 2.75) is 47.6 Å². The average molecular weight is 420 g/mol. The van der Waals surface area contributed by atoms with Crippen molar-refractivity contribution >= 4 is 26.3 Å². The predicted octanol–water partition coefficient (Wildman–Crippen LogP) is 3.82. The lowest BCUT2D eigenvalue weighted by atomic mass is 9.99. The van der Waals surface area contributed by atoms with Crippen LogP contribution in [-0.4, -0.2) is 31.6 Å². The number of hydrogen-bond acceptors (Lipinski definition) is 6. The van der Waals surface area contributed by atoms with E-state index in [0.29, 0.717) is 30.0 Å². The zero-order valence-corrected chi connectivity index (χ0v) is 16.4. The van der Waals surface area contributed by atoms with E-state index in [2.05, 4.69) is 4.98 Å². The van der Waals surface area contributed by atoms with Crippen molar-refractivity contribution in [3.63, 3.8) is 0 Å². The SMILES string of the molecule is CC(C)(O)c1ccc(S(=O)(=O)c2sc(N3CCCC3)nc2C(F)(F)F)cc1. The summed E-state index contributed by atoms with van der Waals surface area (Å²) in [6.45, 7) is 4.18. The summed E-state index contributed by atoms with van der Waals surface area (Å²) in [7, 11) is -4.40. The van der Waals surface area contributed by atoms with Crippen LogP contribution in [-0.2, 0) is 21.6 Å². The first-order valence-corrected chi connectivity index (χ1v) is 10.6. The van der Waals surface area contributed by atoms with E-state index in [0.717, 1.165) is 12.8 Å². The van der Waals surface area contributed by atoms with Crippen molar-refractivity contribution in [2.75, 3.05) is 18.0 Å². The van der Waals surface area contributed by atoms with Crippen LogP contribution in [0, 0.1) is 0 Å². The Morgan fingerprint density at radius 3 is 2.15 bits per heavy atom. The van der Waals surface area contributed by atoms with E-state index in [1.807, 2.05) is 0 Å². The third-order valence-corrected chi connectivity index (χ3v) is 7.74. The summed E-state index contributed by atoms with van der Waals surface area (Å²) in [5.41, 5.74) is -2.10. The maximum Gasteiger partial charge on any atom is 0.435 e. The number of anilines is 1. The van der Waals surface area contributed by atoms with Crippen LogP contribution < -0.4 is 4.90 Å². The van der Waals surface area contributed by atoms with Crippen LogP contribution in [0.1, 0.15) is 37.9 Å². The van der Waals surface area contributed by atoms with Crippen LogP contribution >= 0.6 is 11.3 Å². The first-order valence-electron chi connectivity index (χ1n) is 8.32. The van der Waals surface area contributed by atoms with E-state index in [1.165, 1.54) is 38.1 Å². The Bertz CT molecular complexity index is 924. The largest absolute Gasteiger partial charge is 0.435 e. The van der Waals surface area contributed by atoms with Crippen LogP contribution in [0.15, 0.2) is 33.4 Å². The molecule has 0 spiro atoms. The zero-order chi connectivity index (χ0) is 20.0. The molecule has 1 saturated heterocycles. The summed E-state index contributed by atoms with van der Waals surface area (Å²) >= 11 is 0.553. The number of aliphatic hydroxyl groups is 1. The molecule has 10 heteroatoms. The fourth-order valence-corrected chi connectivity index (χ4v) is 5.80. The summed E-state index contributed by atoms with van der Waals surface area (Å²) < 4.78 is 65.3. The molecule has 0 amide bonds. The number of halogens is 3. The molecule has 1 N–H and O–H groups in total. The van der Waals surface area contributed by atoms with Gasteiger partial charge in [0, 0.05) is 13.1 Å². The maximum absolute atomic E-state index is 13.4. The van der Waals surface area contributed by atoms with E-state index < -0.39 is 31.5 Å². The summed E-state index contributed by atoms with van der Waals surface area (Å²) in [5, 5.41) is 10.0. The van der Waals surface area contributed by atoms with Crippen molar-refractivity contribution < 1.29 is 26.7 Å². The minimum atomic E-state index is -4.87. The van der Waals surface area contributed by atoms with Gasteiger partial charge in [-0.3, -0.25) is 0 Å². The maximum atomic E-state index is 13.4. The van der Waals surface area contributed by atoms with E-state index >= 15 is 0 Å². The van der Waals surface area contributed by atoms with Gasteiger partial charge in [-0.15, -0.1) is 0 Å². The van der Waals surface area contributed by atoms with Gasteiger partial charge < -0.3 is 10.0 Å². The molecule has 0 aliphatic carbocycles.